The Morgan fingerprint density at radius 3 is 2.65 bits per heavy atom. The Bertz CT molecular complexity index is 403. The zero-order valence-electron chi connectivity index (χ0n) is 9.55. The maximum Gasteiger partial charge on any atom is 0.408 e. The van der Waals surface area contributed by atoms with Crippen molar-refractivity contribution in [3.63, 3.8) is 0 Å². The van der Waals surface area contributed by atoms with Gasteiger partial charge in [-0.1, -0.05) is 30.3 Å². The molecule has 17 heavy (non-hydrogen) atoms. The Hall–Kier alpha value is -2.17. The maximum atomic E-state index is 11.3. The second-order valence-electron chi connectivity index (χ2n) is 3.42. The van der Waals surface area contributed by atoms with E-state index in [4.69, 9.17) is 4.74 Å². The van der Waals surface area contributed by atoms with Crippen LogP contribution in [0.1, 0.15) is 12.5 Å². The van der Waals surface area contributed by atoms with Crippen LogP contribution in [0.15, 0.2) is 35.3 Å². The van der Waals surface area contributed by atoms with E-state index in [-0.39, 0.29) is 6.61 Å². The molecule has 1 atom stereocenters. The van der Waals surface area contributed by atoms with E-state index < -0.39 is 18.0 Å². The van der Waals surface area contributed by atoms with Gasteiger partial charge < -0.3 is 10.1 Å². The summed E-state index contributed by atoms with van der Waals surface area (Å²) in [6, 6.07) is 8.53. The first-order valence-corrected chi connectivity index (χ1v) is 5.11. The quantitative estimate of drug-likeness (QED) is 0.803. The van der Waals surface area contributed by atoms with E-state index in [1.807, 2.05) is 30.3 Å². The molecule has 1 unspecified atom stereocenters. The molecule has 1 aromatic rings. The molecule has 0 radical (unpaired) electrons. The lowest BCUT2D eigenvalue weighted by Gasteiger charge is -2.10. The van der Waals surface area contributed by atoms with Crippen molar-refractivity contribution in [2.24, 2.45) is 4.99 Å². The molecule has 0 fully saturated rings. The molecule has 0 saturated carbocycles. The molecule has 5 nitrogen and oxygen atoms in total. The smallest absolute Gasteiger partial charge is 0.408 e. The number of amides is 2. The molecule has 1 rings (SSSR count). The lowest BCUT2D eigenvalue weighted by atomic mass is 10.2. The van der Waals surface area contributed by atoms with E-state index in [0.717, 1.165) is 5.56 Å². The molecular formula is C12H14N2O3. The monoisotopic (exact) mass is 234 g/mol. The molecule has 0 spiro atoms. The number of carbonyl (C=O) groups excluding carboxylic acids is 2. The van der Waals surface area contributed by atoms with Gasteiger partial charge in [0.25, 0.3) is 5.91 Å². The lowest BCUT2D eigenvalue weighted by molar-refractivity contribution is -0.119. The van der Waals surface area contributed by atoms with E-state index in [0.29, 0.717) is 0 Å². The fourth-order valence-corrected chi connectivity index (χ4v) is 1.14. The summed E-state index contributed by atoms with van der Waals surface area (Å²) in [5.41, 5.74) is 0.878. The third-order valence-electron chi connectivity index (χ3n) is 2.07. The fraction of sp³-hybridized carbons (Fsp3) is 0.250. The van der Waals surface area contributed by atoms with Crippen molar-refractivity contribution < 1.29 is 14.3 Å². The number of alkyl carbamates (subject to hydrolysis) is 1. The predicted molar refractivity (Wildman–Crippen MR) is 63.8 cm³/mol. The molecule has 0 bridgehead atoms. The topological polar surface area (TPSA) is 67.8 Å². The van der Waals surface area contributed by atoms with Gasteiger partial charge in [-0.3, -0.25) is 4.79 Å². The van der Waals surface area contributed by atoms with Crippen molar-refractivity contribution in [3.05, 3.63) is 35.9 Å². The largest absolute Gasteiger partial charge is 0.445 e. The minimum absolute atomic E-state index is 0.162. The van der Waals surface area contributed by atoms with Crippen LogP contribution >= 0.6 is 0 Å². The van der Waals surface area contributed by atoms with Gasteiger partial charge in [0.05, 0.1) is 0 Å². The van der Waals surface area contributed by atoms with E-state index in [2.05, 4.69) is 17.0 Å². The Morgan fingerprint density at radius 1 is 1.41 bits per heavy atom. The highest BCUT2D eigenvalue weighted by Gasteiger charge is 2.14. The van der Waals surface area contributed by atoms with Gasteiger partial charge >= 0.3 is 6.09 Å². The summed E-state index contributed by atoms with van der Waals surface area (Å²) in [4.78, 5) is 25.5. The second-order valence-corrected chi connectivity index (χ2v) is 3.42. The molecule has 90 valence electrons. The third-order valence-corrected chi connectivity index (χ3v) is 2.07. The van der Waals surface area contributed by atoms with Crippen molar-refractivity contribution in [1.29, 1.82) is 0 Å². The maximum absolute atomic E-state index is 11.3. The van der Waals surface area contributed by atoms with Crippen LogP contribution in [0, 0.1) is 0 Å². The first-order chi connectivity index (χ1) is 8.13. The van der Waals surface area contributed by atoms with Crippen LogP contribution in [0.5, 0.6) is 0 Å². The van der Waals surface area contributed by atoms with Crippen molar-refractivity contribution in [2.45, 2.75) is 19.6 Å². The van der Waals surface area contributed by atoms with Crippen molar-refractivity contribution >= 4 is 18.7 Å². The molecular weight excluding hydrogens is 220 g/mol. The third kappa shape index (κ3) is 4.46. The van der Waals surface area contributed by atoms with Crippen LogP contribution in [0.2, 0.25) is 0 Å². The zero-order valence-corrected chi connectivity index (χ0v) is 9.55. The molecule has 0 saturated heterocycles. The van der Waals surface area contributed by atoms with Crippen molar-refractivity contribution in [3.8, 4) is 0 Å². The first-order valence-electron chi connectivity index (χ1n) is 5.11. The second kappa shape index (κ2) is 6.42. The molecule has 0 aliphatic carbocycles. The Labute approximate surface area is 99.5 Å². The average molecular weight is 234 g/mol. The Morgan fingerprint density at radius 2 is 2.06 bits per heavy atom. The normalized spacial score (nSPS) is 11.4. The van der Waals surface area contributed by atoms with Gasteiger partial charge in [0.15, 0.2) is 0 Å². The van der Waals surface area contributed by atoms with Crippen LogP contribution in [0.4, 0.5) is 4.79 Å². The molecule has 0 aromatic heterocycles. The number of hydrogen-bond donors (Lipinski definition) is 1. The van der Waals surface area contributed by atoms with E-state index in [9.17, 15) is 9.59 Å². The number of ether oxygens (including phenoxy) is 1. The first kappa shape index (κ1) is 12.9. The number of carbonyl (C=O) groups is 2. The summed E-state index contributed by atoms with van der Waals surface area (Å²) in [5, 5.41) is 2.36. The summed E-state index contributed by atoms with van der Waals surface area (Å²) in [6.07, 6.45) is -0.654. The van der Waals surface area contributed by atoms with Gasteiger partial charge in [-0.25, -0.2) is 9.79 Å². The Kier molecular flexibility index (Phi) is 4.87. The van der Waals surface area contributed by atoms with Crippen LogP contribution in [-0.4, -0.2) is 24.8 Å². The molecule has 5 heteroatoms. The highest BCUT2D eigenvalue weighted by molar-refractivity contribution is 5.88. The number of hydrogen-bond acceptors (Lipinski definition) is 3. The molecule has 1 N–H and O–H groups in total. The summed E-state index contributed by atoms with van der Waals surface area (Å²) >= 11 is 0. The predicted octanol–water partition coefficient (Wildman–Crippen LogP) is 1.53. The summed E-state index contributed by atoms with van der Waals surface area (Å²) < 4.78 is 4.93. The number of nitrogens with one attached hydrogen (secondary N) is 1. The molecule has 2 amide bonds. The highest BCUT2D eigenvalue weighted by atomic mass is 16.5. The minimum atomic E-state index is -0.726. The van der Waals surface area contributed by atoms with E-state index >= 15 is 0 Å². The average Bonchev–Trinajstić information content (AvgIpc) is 2.36. The molecule has 1 aromatic carbocycles. The summed E-state index contributed by atoms with van der Waals surface area (Å²) in [5.74, 6) is -0.498. The number of rotatable bonds is 4. The molecule has 0 heterocycles. The van der Waals surface area contributed by atoms with Crippen LogP contribution in [-0.2, 0) is 16.1 Å². The highest BCUT2D eigenvalue weighted by Crippen LogP contribution is 2.00. The zero-order chi connectivity index (χ0) is 12.7. The lowest BCUT2D eigenvalue weighted by Crippen LogP contribution is -2.37. The summed E-state index contributed by atoms with van der Waals surface area (Å²) in [6.45, 7) is 4.77. The van der Waals surface area contributed by atoms with Crippen LogP contribution in [0.3, 0.4) is 0 Å². The Balaban J connectivity index is 2.36. The minimum Gasteiger partial charge on any atom is -0.445 e. The molecule has 0 aliphatic heterocycles. The van der Waals surface area contributed by atoms with Gasteiger partial charge in [0.2, 0.25) is 0 Å². The number of benzene rings is 1. The van der Waals surface area contributed by atoms with Gasteiger partial charge in [0, 0.05) is 0 Å². The van der Waals surface area contributed by atoms with E-state index in [1.165, 1.54) is 6.92 Å². The van der Waals surface area contributed by atoms with Gasteiger partial charge in [-0.2, -0.15) is 0 Å². The van der Waals surface area contributed by atoms with Crippen LogP contribution < -0.4 is 5.32 Å². The van der Waals surface area contributed by atoms with E-state index in [1.54, 1.807) is 0 Å². The van der Waals surface area contributed by atoms with Crippen molar-refractivity contribution in [1.82, 2.24) is 5.32 Å². The van der Waals surface area contributed by atoms with Crippen molar-refractivity contribution in [2.75, 3.05) is 0 Å². The van der Waals surface area contributed by atoms with Crippen LogP contribution in [0.25, 0.3) is 0 Å². The molecule has 0 aliphatic rings. The van der Waals surface area contributed by atoms with Gasteiger partial charge in [0.1, 0.15) is 12.6 Å². The van der Waals surface area contributed by atoms with Gasteiger partial charge in [-0.15, -0.1) is 0 Å². The number of nitrogens with zero attached hydrogens (tertiary/aromatic N) is 1. The SMILES string of the molecule is C=NC(=O)C(C)NC(=O)OCc1ccccc1. The number of aliphatic imine (C=N–C) groups is 1. The standard InChI is InChI=1S/C12H14N2O3/c1-9(11(15)13-2)14-12(16)17-8-10-6-4-3-5-7-10/h3-7,9H,2,8H2,1H3,(H,14,16). The summed E-state index contributed by atoms with van der Waals surface area (Å²) in [7, 11) is 0. The fourth-order valence-electron chi connectivity index (χ4n) is 1.14. The van der Waals surface area contributed by atoms with Gasteiger partial charge in [-0.05, 0) is 19.2 Å².